The first-order valence-corrected chi connectivity index (χ1v) is 6.64. The Morgan fingerprint density at radius 3 is 2.67 bits per heavy atom. The molecule has 0 spiro atoms. The Hall–Kier alpha value is -2.55. The summed E-state index contributed by atoms with van der Waals surface area (Å²) in [6, 6.07) is 8.59. The predicted octanol–water partition coefficient (Wildman–Crippen LogP) is 1.91. The van der Waals surface area contributed by atoms with Gasteiger partial charge in [0.05, 0.1) is 16.7 Å². The number of rotatable bonds is 2. The minimum atomic E-state index is -0.898. The summed E-state index contributed by atoms with van der Waals surface area (Å²) < 4.78 is 0. The van der Waals surface area contributed by atoms with Crippen molar-refractivity contribution in [2.24, 2.45) is 5.41 Å². The molecule has 0 aliphatic carbocycles. The van der Waals surface area contributed by atoms with Crippen LogP contribution in [-0.2, 0) is 4.79 Å². The fourth-order valence-corrected chi connectivity index (χ4v) is 2.47. The normalized spacial score (nSPS) is 20.9. The van der Waals surface area contributed by atoms with Crippen LogP contribution in [0.15, 0.2) is 24.3 Å². The third-order valence-electron chi connectivity index (χ3n) is 3.93. The number of amides is 2. The van der Waals surface area contributed by atoms with E-state index in [2.05, 4.69) is 0 Å². The van der Waals surface area contributed by atoms with E-state index in [0.717, 1.165) is 0 Å². The van der Waals surface area contributed by atoms with Gasteiger partial charge in [-0.15, -0.1) is 0 Å². The van der Waals surface area contributed by atoms with Gasteiger partial charge in [0.15, 0.2) is 0 Å². The molecule has 6 heteroatoms. The van der Waals surface area contributed by atoms with E-state index in [1.807, 2.05) is 6.07 Å². The molecule has 2 amide bonds. The average molecular weight is 287 g/mol. The maximum Gasteiger partial charge on any atom is 0.324 e. The highest BCUT2D eigenvalue weighted by molar-refractivity contribution is 5.93. The lowest BCUT2D eigenvalue weighted by Crippen LogP contribution is -2.42. The number of benzene rings is 1. The number of nitrogens with zero attached hydrogens (tertiary/aromatic N) is 3. The molecule has 0 bridgehead atoms. The molecular formula is C15H17N3O3. The first-order valence-electron chi connectivity index (χ1n) is 6.64. The molecule has 1 unspecified atom stereocenters. The maximum atomic E-state index is 12.5. The number of aliphatic carboxylic acids is 1. The first kappa shape index (κ1) is 14.9. The summed E-state index contributed by atoms with van der Waals surface area (Å²) >= 11 is 0. The monoisotopic (exact) mass is 287 g/mol. The Morgan fingerprint density at radius 2 is 2.10 bits per heavy atom. The van der Waals surface area contributed by atoms with Gasteiger partial charge in [0, 0.05) is 20.1 Å². The number of nitriles is 1. The molecule has 0 aromatic heterocycles. The fraction of sp³-hybridized carbons (Fsp3) is 0.400. The summed E-state index contributed by atoms with van der Waals surface area (Å²) in [5.41, 5.74) is 0.0353. The maximum absolute atomic E-state index is 12.5. The van der Waals surface area contributed by atoms with Gasteiger partial charge in [-0.05, 0) is 25.5 Å². The molecule has 1 heterocycles. The van der Waals surface area contributed by atoms with Crippen molar-refractivity contribution in [3.63, 3.8) is 0 Å². The van der Waals surface area contributed by atoms with Crippen molar-refractivity contribution in [1.29, 1.82) is 5.26 Å². The van der Waals surface area contributed by atoms with Gasteiger partial charge in [0.1, 0.15) is 6.07 Å². The van der Waals surface area contributed by atoms with Crippen LogP contribution >= 0.6 is 0 Å². The fourth-order valence-electron chi connectivity index (χ4n) is 2.47. The molecule has 1 aromatic rings. The smallest absolute Gasteiger partial charge is 0.324 e. The minimum Gasteiger partial charge on any atom is -0.481 e. The molecule has 2 rings (SSSR count). The Bertz CT molecular complexity index is 623. The molecule has 1 fully saturated rings. The summed E-state index contributed by atoms with van der Waals surface area (Å²) in [6.07, 6.45) is 0.432. The Labute approximate surface area is 123 Å². The number of carboxylic acids is 1. The third kappa shape index (κ3) is 2.68. The van der Waals surface area contributed by atoms with E-state index in [1.165, 1.54) is 9.80 Å². The lowest BCUT2D eigenvalue weighted by molar-refractivity contribution is -0.146. The van der Waals surface area contributed by atoms with Crippen LogP contribution in [0, 0.1) is 16.7 Å². The molecule has 21 heavy (non-hydrogen) atoms. The highest BCUT2D eigenvalue weighted by atomic mass is 16.4. The van der Waals surface area contributed by atoms with Gasteiger partial charge in [-0.3, -0.25) is 9.69 Å². The lowest BCUT2D eigenvalue weighted by atomic mass is 9.90. The minimum absolute atomic E-state index is 0.181. The molecule has 1 saturated heterocycles. The number of hydrogen-bond donors (Lipinski definition) is 1. The zero-order valence-electron chi connectivity index (χ0n) is 12.0. The van der Waals surface area contributed by atoms with Crippen LogP contribution in [0.5, 0.6) is 0 Å². The zero-order chi connectivity index (χ0) is 15.6. The second-order valence-corrected chi connectivity index (χ2v) is 5.51. The summed E-state index contributed by atoms with van der Waals surface area (Å²) in [4.78, 5) is 26.6. The number of anilines is 1. The lowest BCUT2D eigenvalue weighted by Gasteiger charge is -2.26. The Kier molecular flexibility index (Phi) is 3.85. The summed E-state index contributed by atoms with van der Waals surface area (Å²) in [5, 5.41) is 18.3. The molecular weight excluding hydrogens is 270 g/mol. The summed E-state index contributed by atoms with van der Waals surface area (Å²) in [5.74, 6) is -0.891. The molecule has 1 aliphatic rings. The van der Waals surface area contributed by atoms with Crippen molar-refractivity contribution < 1.29 is 14.7 Å². The first-order chi connectivity index (χ1) is 9.89. The van der Waals surface area contributed by atoms with E-state index >= 15 is 0 Å². The standard InChI is InChI=1S/C15H17N3O3/c1-15(13(19)20)7-8-18(10-15)14(21)17(2)12-6-4-3-5-11(12)9-16/h3-6H,7-8,10H2,1-2H3,(H,19,20). The molecule has 0 radical (unpaired) electrons. The van der Waals surface area contributed by atoms with Gasteiger partial charge >= 0.3 is 12.0 Å². The van der Waals surface area contributed by atoms with Gasteiger partial charge in [0.2, 0.25) is 0 Å². The van der Waals surface area contributed by atoms with Crippen molar-refractivity contribution in [2.75, 3.05) is 25.0 Å². The van der Waals surface area contributed by atoms with Gasteiger partial charge < -0.3 is 10.0 Å². The van der Waals surface area contributed by atoms with Crippen LogP contribution in [0.2, 0.25) is 0 Å². The largest absolute Gasteiger partial charge is 0.481 e. The quantitative estimate of drug-likeness (QED) is 0.900. The molecule has 110 valence electrons. The van der Waals surface area contributed by atoms with Crippen LogP contribution in [0.4, 0.5) is 10.5 Å². The van der Waals surface area contributed by atoms with Gasteiger partial charge in [0.25, 0.3) is 0 Å². The SMILES string of the molecule is CN(C(=O)N1CCC(C)(C(=O)O)C1)c1ccccc1C#N. The van der Waals surface area contributed by atoms with Crippen LogP contribution < -0.4 is 4.90 Å². The van der Waals surface area contributed by atoms with E-state index in [-0.39, 0.29) is 12.6 Å². The van der Waals surface area contributed by atoms with Crippen molar-refractivity contribution >= 4 is 17.7 Å². The highest BCUT2D eigenvalue weighted by Crippen LogP contribution is 2.31. The third-order valence-corrected chi connectivity index (χ3v) is 3.93. The van der Waals surface area contributed by atoms with Crippen molar-refractivity contribution in [3.05, 3.63) is 29.8 Å². The summed E-state index contributed by atoms with van der Waals surface area (Å²) in [7, 11) is 1.59. The topological polar surface area (TPSA) is 84.6 Å². The van der Waals surface area contributed by atoms with Gasteiger partial charge in [-0.1, -0.05) is 12.1 Å². The molecule has 1 atom stereocenters. The van der Waals surface area contributed by atoms with Crippen molar-refractivity contribution in [1.82, 2.24) is 4.90 Å². The number of urea groups is 1. The van der Waals surface area contributed by atoms with Crippen LogP contribution in [-0.4, -0.2) is 42.1 Å². The number of carboxylic acid groups (broad SMARTS) is 1. The van der Waals surface area contributed by atoms with Crippen molar-refractivity contribution in [2.45, 2.75) is 13.3 Å². The number of carbonyl (C=O) groups excluding carboxylic acids is 1. The van der Waals surface area contributed by atoms with E-state index < -0.39 is 11.4 Å². The second-order valence-electron chi connectivity index (χ2n) is 5.51. The van der Waals surface area contributed by atoms with E-state index in [9.17, 15) is 14.7 Å². The van der Waals surface area contributed by atoms with E-state index in [4.69, 9.17) is 5.26 Å². The van der Waals surface area contributed by atoms with Crippen LogP contribution in [0.25, 0.3) is 0 Å². The van der Waals surface area contributed by atoms with E-state index in [1.54, 1.807) is 38.2 Å². The highest BCUT2D eigenvalue weighted by Gasteiger charge is 2.42. The van der Waals surface area contributed by atoms with Crippen LogP contribution in [0.3, 0.4) is 0 Å². The molecule has 1 N–H and O–H groups in total. The number of likely N-dealkylation sites (tertiary alicyclic amines) is 1. The Balaban J connectivity index is 2.18. The number of hydrogen-bond acceptors (Lipinski definition) is 3. The van der Waals surface area contributed by atoms with Gasteiger partial charge in [-0.25, -0.2) is 4.79 Å². The van der Waals surface area contributed by atoms with E-state index in [0.29, 0.717) is 24.2 Å². The van der Waals surface area contributed by atoms with Crippen LogP contribution in [0.1, 0.15) is 18.9 Å². The Morgan fingerprint density at radius 1 is 1.43 bits per heavy atom. The second kappa shape index (κ2) is 5.44. The predicted molar refractivity (Wildman–Crippen MR) is 76.9 cm³/mol. The zero-order valence-corrected chi connectivity index (χ0v) is 12.0. The molecule has 6 nitrogen and oxygen atoms in total. The van der Waals surface area contributed by atoms with Gasteiger partial charge in [-0.2, -0.15) is 5.26 Å². The number of para-hydroxylation sites is 1. The van der Waals surface area contributed by atoms with Crippen molar-refractivity contribution in [3.8, 4) is 6.07 Å². The summed E-state index contributed by atoms with van der Waals surface area (Å²) in [6.45, 7) is 2.23. The average Bonchev–Trinajstić information content (AvgIpc) is 2.89. The molecule has 1 aliphatic heterocycles. The number of carbonyl (C=O) groups is 2. The molecule has 0 saturated carbocycles. The molecule has 1 aromatic carbocycles.